The summed E-state index contributed by atoms with van der Waals surface area (Å²) in [7, 11) is 1.84. The first-order valence-electron chi connectivity index (χ1n) is 6.46. The van der Waals surface area contributed by atoms with Crippen LogP contribution in [-0.2, 0) is 20.2 Å². The third-order valence-corrected chi connectivity index (χ3v) is 3.36. The van der Waals surface area contributed by atoms with Gasteiger partial charge in [-0.1, -0.05) is 30.3 Å². The van der Waals surface area contributed by atoms with E-state index in [1.54, 1.807) is 4.68 Å². The predicted molar refractivity (Wildman–Crippen MR) is 77.2 cm³/mol. The maximum absolute atomic E-state index is 5.88. The van der Waals surface area contributed by atoms with Crippen LogP contribution in [-0.4, -0.2) is 14.8 Å². The molecule has 3 aromatic rings. The topological polar surface area (TPSA) is 66.0 Å². The molecule has 0 aliphatic heterocycles. The summed E-state index contributed by atoms with van der Waals surface area (Å²) in [6, 6.07) is 12.2. The van der Waals surface area contributed by atoms with E-state index in [9.17, 15) is 0 Å². The Bertz CT molecular complexity index is 736. The van der Waals surface area contributed by atoms with Gasteiger partial charge in [-0.05, 0) is 16.8 Å². The summed E-state index contributed by atoms with van der Waals surface area (Å²) in [4.78, 5) is 4.14. The van der Waals surface area contributed by atoms with E-state index in [0.29, 0.717) is 13.2 Å². The van der Waals surface area contributed by atoms with Crippen LogP contribution in [0.15, 0.2) is 42.7 Å². The second-order valence-corrected chi connectivity index (χ2v) is 4.56. The summed E-state index contributed by atoms with van der Waals surface area (Å²) in [6.45, 7) is 0.817. The number of fused-ring (bicyclic) bond motifs is 1. The molecule has 2 N–H and O–H groups in total. The first-order valence-corrected chi connectivity index (χ1v) is 6.46. The molecule has 0 fully saturated rings. The van der Waals surface area contributed by atoms with Crippen LogP contribution in [0.3, 0.4) is 0 Å². The van der Waals surface area contributed by atoms with E-state index >= 15 is 0 Å². The van der Waals surface area contributed by atoms with Crippen LogP contribution in [0.25, 0.3) is 10.8 Å². The van der Waals surface area contributed by atoms with Crippen molar-refractivity contribution in [2.75, 3.05) is 0 Å². The van der Waals surface area contributed by atoms with E-state index in [0.717, 1.165) is 22.5 Å². The van der Waals surface area contributed by atoms with Crippen LogP contribution in [0.4, 0.5) is 0 Å². The molecule has 0 bridgehead atoms. The summed E-state index contributed by atoms with van der Waals surface area (Å²) >= 11 is 0. The molecule has 1 heterocycles. The first-order chi connectivity index (χ1) is 9.79. The Hall–Kier alpha value is -2.40. The van der Waals surface area contributed by atoms with Gasteiger partial charge >= 0.3 is 0 Å². The second-order valence-electron chi connectivity index (χ2n) is 4.56. The fourth-order valence-electron chi connectivity index (χ4n) is 2.25. The van der Waals surface area contributed by atoms with Crippen LogP contribution in [0.5, 0.6) is 5.75 Å². The molecule has 0 saturated carbocycles. The Balaban J connectivity index is 1.93. The number of hydrogen-bond donors (Lipinski definition) is 1. The lowest BCUT2D eigenvalue weighted by Crippen LogP contribution is -2.07. The predicted octanol–water partition coefficient (Wildman–Crippen LogP) is 2.01. The van der Waals surface area contributed by atoms with Crippen molar-refractivity contribution < 1.29 is 4.74 Å². The largest absolute Gasteiger partial charge is 0.485 e. The maximum Gasteiger partial charge on any atom is 0.164 e. The molecule has 5 nitrogen and oxygen atoms in total. The van der Waals surface area contributed by atoms with Crippen molar-refractivity contribution in [2.24, 2.45) is 12.8 Å². The molecule has 0 aliphatic rings. The number of nitrogens with zero attached hydrogens (tertiary/aromatic N) is 3. The van der Waals surface area contributed by atoms with Crippen molar-refractivity contribution in [1.29, 1.82) is 0 Å². The highest BCUT2D eigenvalue weighted by atomic mass is 16.5. The number of aromatic nitrogens is 3. The van der Waals surface area contributed by atoms with Gasteiger partial charge < -0.3 is 10.5 Å². The number of nitrogens with two attached hydrogens (primary N) is 1. The minimum atomic E-state index is 0.377. The molecule has 1 aromatic heterocycles. The number of rotatable bonds is 4. The standard InChI is InChI=1S/C15H16N4O/c1-19-15(17-10-18-19)9-20-14-7-6-11-4-2-3-5-12(11)13(14)8-16/h2-7,10H,8-9,16H2,1H3. The fourth-order valence-corrected chi connectivity index (χ4v) is 2.25. The zero-order valence-corrected chi connectivity index (χ0v) is 11.3. The summed E-state index contributed by atoms with van der Waals surface area (Å²) < 4.78 is 7.56. The average molecular weight is 268 g/mol. The van der Waals surface area contributed by atoms with E-state index in [1.165, 1.54) is 11.7 Å². The Morgan fingerprint density at radius 1 is 1.20 bits per heavy atom. The third-order valence-electron chi connectivity index (χ3n) is 3.36. The summed E-state index contributed by atoms with van der Waals surface area (Å²) in [5.41, 5.74) is 6.90. The summed E-state index contributed by atoms with van der Waals surface area (Å²) in [5.74, 6) is 1.58. The van der Waals surface area contributed by atoms with Crippen LogP contribution in [0.1, 0.15) is 11.4 Å². The highest BCUT2D eigenvalue weighted by Gasteiger charge is 2.09. The third kappa shape index (κ3) is 2.23. The van der Waals surface area contributed by atoms with Gasteiger partial charge in [0.25, 0.3) is 0 Å². The van der Waals surface area contributed by atoms with Crippen LogP contribution in [0.2, 0.25) is 0 Å². The fraction of sp³-hybridized carbons (Fsp3) is 0.200. The van der Waals surface area contributed by atoms with Crippen molar-refractivity contribution in [2.45, 2.75) is 13.2 Å². The quantitative estimate of drug-likeness (QED) is 0.786. The Morgan fingerprint density at radius 3 is 2.80 bits per heavy atom. The second kappa shape index (κ2) is 5.30. The minimum absolute atomic E-state index is 0.377. The summed E-state index contributed by atoms with van der Waals surface area (Å²) in [6.07, 6.45) is 1.52. The average Bonchev–Trinajstić information content (AvgIpc) is 2.89. The summed E-state index contributed by atoms with van der Waals surface area (Å²) in [5, 5.41) is 6.32. The lowest BCUT2D eigenvalue weighted by molar-refractivity contribution is 0.287. The van der Waals surface area contributed by atoms with E-state index < -0.39 is 0 Å². The maximum atomic E-state index is 5.88. The van der Waals surface area contributed by atoms with E-state index in [2.05, 4.69) is 22.2 Å². The Kier molecular flexibility index (Phi) is 3.35. The van der Waals surface area contributed by atoms with Gasteiger partial charge in [-0.15, -0.1) is 0 Å². The van der Waals surface area contributed by atoms with Gasteiger partial charge in [0.05, 0.1) is 0 Å². The molecule has 0 radical (unpaired) electrons. The van der Waals surface area contributed by atoms with Crippen molar-refractivity contribution in [3.63, 3.8) is 0 Å². The van der Waals surface area contributed by atoms with Gasteiger partial charge in [-0.25, -0.2) is 4.98 Å². The molecule has 102 valence electrons. The van der Waals surface area contributed by atoms with Crippen molar-refractivity contribution in [1.82, 2.24) is 14.8 Å². The Morgan fingerprint density at radius 2 is 2.05 bits per heavy atom. The van der Waals surface area contributed by atoms with Gasteiger partial charge in [0.1, 0.15) is 18.7 Å². The molecular weight excluding hydrogens is 252 g/mol. The lowest BCUT2D eigenvalue weighted by atomic mass is 10.0. The van der Waals surface area contributed by atoms with Gasteiger partial charge in [-0.2, -0.15) is 5.10 Å². The molecule has 0 amide bonds. The minimum Gasteiger partial charge on any atom is -0.485 e. The van der Waals surface area contributed by atoms with E-state index in [1.807, 2.05) is 31.3 Å². The van der Waals surface area contributed by atoms with Crippen LogP contribution < -0.4 is 10.5 Å². The molecule has 0 unspecified atom stereocenters. The molecular formula is C15H16N4O. The number of ether oxygens (including phenoxy) is 1. The highest BCUT2D eigenvalue weighted by molar-refractivity contribution is 5.87. The molecule has 0 atom stereocenters. The monoisotopic (exact) mass is 268 g/mol. The molecule has 0 saturated heterocycles. The van der Waals surface area contributed by atoms with Gasteiger partial charge in [0, 0.05) is 19.2 Å². The van der Waals surface area contributed by atoms with Crippen LogP contribution in [0, 0.1) is 0 Å². The molecule has 2 aromatic carbocycles. The SMILES string of the molecule is Cn1ncnc1COc1ccc2ccccc2c1CN. The zero-order valence-electron chi connectivity index (χ0n) is 11.3. The lowest BCUT2D eigenvalue weighted by Gasteiger charge is -2.12. The Labute approximate surface area is 117 Å². The van der Waals surface area contributed by atoms with E-state index in [-0.39, 0.29) is 0 Å². The van der Waals surface area contributed by atoms with Crippen molar-refractivity contribution in [3.05, 3.63) is 54.1 Å². The number of benzene rings is 2. The molecule has 0 aliphatic carbocycles. The van der Waals surface area contributed by atoms with Crippen molar-refractivity contribution in [3.8, 4) is 5.75 Å². The molecule has 3 rings (SSSR count). The highest BCUT2D eigenvalue weighted by Crippen LogP contribution is 2.28. The van der Waals surface area contributed by atoms with Crippen molar-refractivity contribution >= 4 is 10.8 Å². The van der Waals surface area contributed by atoms with Crippen LogP contribution >= 0.6 is 0 Å². The van der Waals surface area contributed by atoms with Gasteiger partial charge in [0.15, 0.2) is 5.82 Å². The first kappa shape index (κ1) is 12.6. The van der Waals surface area contributed by atoms with Gasteiger partial charge in [-0.3, -0.25) is 4.68 Å². The smallest absolute Gasteiger partial charge is 0.164 e. The van der Waals surface area contributed by atoms with Gasteiger partial charge in [0.2, 0.25) is 0 Å². The van der Waals surface area contributed by atoms with E-state index in [4.69, 9.17) is 10.5 Å². The zero-order chi connectivity index (χ0) is 13.9. The molecule has 20 heavy (non-hydrogen) atoms. The molecule has 0 spiro atoms. The molecule has 5 heteroatoms. The normalized spacial score (nSPS) is 10.9. The number of hydrogen-bond acceptors (Lipinski definition) is 4. The number of aryl methyl sites for hydroxylation is 1.